The van der Waals surface area contributed by atoms with E-state index in [1.165, 1.54) is 4.90 Å². The van der Waals surface area contributed by atoms with Crippen LogP contribution in [0, 0.1) is 0 Å². The van der Waals surface area contributed by atoms with E-state index in [4.69, 9.17) is 9.47 Å². The highest BCUT2D eigenvalue weighted by atomic mass is 16.5. The monoisotopic (exact) mass is 380 g/mol. The zero-order valence-electron chi connectivity index (χ0n) is 16.3. The molecule has 1 aliphatic heterocycles. The number of nitrogens with zero attached hydrogens (tertiary/aromatic N) is 1. The molecule has 1 aromatic heterocycles. The van der Waals surface area contributed by atoms with Gasteiger partial charge in [0.15, 0.2) is 0 Å². The van der Waals surface area contributed by atoms with Crippen molar-refractivity contribution in [2.24, 2.45) is 0 Å². The average Bonchev–Trinajstić information content (AvgIpc) is 3.17. The van der Waals surface area contributed by atoms with Crippen molar-refractivity contribution in [3.63, 3.8) is 0 Å². The van der Waals surface area contributed by atoms with E-state index in [0.717, 1.165) is 59.8 Å². The Hall–Kier alpha value is -2.99. The number of Topliss-reactive ketones (excluding diaryl/α,β-unsaturated/α-hetero) is 1. The summed E-state index contributed by atoms with van der Waals surface area (Å²) in [5.74, 6) is 1.83. The second-order valence-electron chi connectivity index (χ2n) is 7.12. The maximum atomic E-state index is 12.9. The van der Waals surface area contributed by atoms with Gasteiger partial charge in [0.2, 0.25) is 5.78 Å². The fourth-order valence-corrected chi connectivity index (χ4v) is 3.91. The van der Waals surface area contributed by atoms with Crippen LogP contribution in [0.5, 0.6) is 11.5 Å². The molecule has 0 saturated carbocycles. The molecular weight excluding hydrogens is 354 g/mol. The molecule has 2 heterocycles. The Morgan fingerprint density at radius 1 is 1.11 bits per heavy atom. The summed E-state index contributed by atoms with van der Waals surface area (Å²) in [4.78, 5) is 19.8. The van der Waals surface area contributed by atoms with Crippen molar-refractivity contribution in [2.75, 3.05) is 51.8 Å². The number of aromatic nitrogens is 1. The number of aromatic amines is 1. The van der Waals surface area contributed by atoms with E-state index in [1.54, 1.807) is 14.2 Å². The van der Waals surface area contributed by atoms with E-state index in [2.05, 4.69) is 16.0 Å². The first kappa shape index (κ1) is 18.4. The van der Waals surface area contributed by atoms with Gasteiger partial charge in [-0.05, 0) is 30.3 Å². The predicted octanol–water partition coefficient (Wildman–Crippen LogP) is 1.77. The van der Waals surface area contributed by atoms with Gasteiger partial charge in [-0.15, -0.1) is 0 Å². The van der Waals surface area contributed by atoms with E-state index in [9.17, 15) is 4.79 Å². The minimum atomic E-state index is 0.167. The third kappa shape index (κ3) is 3.55. The second-order valence-corrected chi connectivity index (χ2v) is 7.12. The summed E-state index contributed by atoms with van der Waals surface area (Å²) >= 11 is 0. The van der Waals surface area contributed by atoms with Crippen molar-refractivity contribution in [3.05, 3.63) is 54.2 Å². The van der Waals surface area contributed by atoms with Crippen LogP contribution in [0.3, 0.4) is 0 Å². The highest BCUT2D eigenvalue weighted by Crippen LogP contribution is 2.27. The molecule has 0 unspecified atom stereocenters. The fourth-order valence-electron chi connectivity index (χ4n) is 3.91. The van der Waals surface area contributed by atoms with Gasteiger partial charge in [-0.1, -0.05) is 12.1 Å². The lowest BCUT2D eigenvalue weighted by Crippen LogP contribution is -3.15. The maximum absolute atomic E-state index is 12.9. The summed E-state index contributed by atoms with van der Waals surface area (Å²) in [5.41, 5.74) is 2.83. The molecule has 2 N–H and O–H groups in total. The van der Waals surface area contributed by atoms with Crippen molar-refractivity contribution in [3.8, 4) is 11.5 Å². The number of ether oxygens (including phenoxy) is 2. The fraction of sp³-hybridized carbons (Fsp3) is 0.318. The first-order chi connectivity index (χ1) is 13.7. The van der Waals surface area contributed by atoms with Crippen molar-refractivity contribution in [2.45, 2.75) is 0 Å². The number of piperazine rings is 1. The Bertz CT molecular complexity index is 974. The van der Waals surface area contributed by atoms with Crippen LogP contribution >= 0.6 is 0 Å². The number of fused-ring (bicyclic) bond motifs is 1. The van der Waals surface area contributed by atoms with Crippen molar-refractivity contribution >= 4 is 22.4 Å². The average molecular weight is 380 g/mol. The van der Waals surface area contributed by atoms with E-state index in [1.807, 2.05) is 42.6 Å². The van der Waals surface area contributed by atoms with Crippen molar-refractivity contribution in [1.82, 2.24) is 4.98 Å². The maximum Gasteiger partial charge on any atom is 0.219 e. The van der Waals surface area contributed by atoms with E-state index < -0.39 is 0 Å². The van der Waals surface area contributed by atoms with Crippen LogP contribution in [-0.2, 0) is 0 Å². The highest BCUT2D eigenvalue weighted by molar-refractivity contribution is 6.08. The van der Waals surface area contributed by atoms with Gasteiger partial charge in [-0.2, -0.15) is 0 Å². The second kappa shape index (κ2) is 7.94. The van der Waals surface area contributed by atoms with Gasteiger partial charge < -0.3 is 24.3 Å². The largest absolute Gasteiger partial charge is 0.497 e. The van der Waals surface area contributed by atoms with Gasteiger partial charge in [0.1, 0.15) is 18.0 Å². The number of methoxy groups -OCH3 is 2. The smallest absolute Gasteiger partial charge is 0.219 e. The number of quaternary nitrogens is 1. The number of rotatable bonds is 6. The molecule has 28 heavy (non-hydrogen) atoms. The van der Waals surface area contributed by atoms with Crippen LogP contribution in [0.15, 0.2) is 48.7 Å². The zero-order chi connectivity index (χ0) is 19.5. The third-order valence-electron chi connectivity index (χ3n) is 5.50. The van der Waals surface area contributed by atoms with Crippen LogP contribution in [0.4, 0.5) is 5.69 Å². The minimum Gasteiger partial charge on any atom is -0.497 e. The van der Waals surface area contributed by atoms with Crippen molar-refractivity contribution < 1.29 is 19.2 Å². The molecule has 0 aliphatic carbocycles. The zero-order valence-corrected chi connectivity index (χ0v) is 16.3. The Labute approximate surface area is 164 Å². The molecule has 0 radical (unpaired) electrons. The van der Waals surface area contributed by atoms with Gasteiger partial charge in [-0.25, -0.2) is 0 Å². The molecule has 1 aliphatic rings. The lowest BCUT2D eigenvalue weighted by Gasteiger charge is -2.34. The summed E-state index contributed by atoms with van der Waals surface area (Å²) in [6, 6.07) is 13.9. The van der Waals surface area contributed by atoms with Gasteiger partial charge in [0.25, 0.3) is 0 Å². The number of H-pyrrole nitrogens is 1. The van der Waals surface area contributed by atoms with Gasteiger partial charge >= 0.3 is 0 Å². The molecule has 146 valence electrons. The molecule has 0 spiro atoms. The topological polar surface area (TPSA) is 59.0 Å². The Balaban J connectivity index is 1.42. The SMILES string of the molecule is COc1ccc2[nH]cc(C(=O)C[NH+]3CCN(c4ccccc4OC)CC3)c2c1. The number of carbonyl (C=O) groups excluding carboxylic acids is 1. The molecule has 4 rings (SSSR count). The van der Waals surface area contributed by atoms with Crippen LogP contribution in [0.25, 0.3) is 10.9 Å². The quantitative estimate of drug-likeness (QED) is 0.640. The summed E-state index contributed by atoms with van der Waals surface area (Å²) < 4.78 is 10.8. The summed E-state index contributed by atoms with van der Waals surface area (Å²) in [6.45, 7) is 4.17. The summed E-state index contributed by atoms with van der Waals surface area (Å²) in [7, 11) is 3.34. The number of ketones is 1. The van der Waals surface area contributed by atoms with Crippen LogP contribution in [-0.4, -0.2) is 57.7 Å². The van der Waals surface area contributed by atoms with Crippen LogP contribution < -0.4 is 19.3 Å². The normalized spacial score (nSPS) is 15.0. The minimum absolute atomic E-state index is 0.167. The highest BCUT2D eigenvalue weighted by Gasteiger charge is 2.25. The molecule has 6 heteroatoms. The third-order valence-corrected chi connectivity index (χ3v) is 5.50. The van der Waals surface area contributed by atoms with Crippen molar-refractivity contribution in [1.29, 1.82) is 0 Å². The number of benzene rings is 2. The van der Waals surface area contributed by atoms with Gasteiger partial charge in [0, 0.05) is 22.7 Å². The lowest BCUT2D eigenvalue weighted by molar-refractivity contribution is -0.892. The molecule has 0 atom stereocenters. The van der Waals surface area contributed by atoms with E-state index >= 15 is 0 Å². The molecule has 2 aromatic carbocycles. The van der Waals surface area contributed by atoms with E-state index in [0.29, 0.717) is 6.54 Å². The number of hydrogen-bond donors (Lipinski definition) is 2. The van der Waals surface area contributed by atoms with E-state index in [-0.39, 0.29) is 5.78 Å². The first-order valence-corrected chi connectivity index (χ1v) is 9.59. The number of carbonyl (C=O) groups is 1. The number of anilines is 1. The molecule has 6 nitrogen and oxygen atoms in total. The molecular formula is C22H26N3O3+. The Morgan fingerprint density at radius 2 is 1.89 bits per heavy atom. The molecule has 0 amide bonds. The predicted molar refractivity (Wildman–Crippen MR) is 110 cm³/mol. The summed E-state index contributed by atoms with van der Waals surface area (Å²) in [5, 5.41) is 0.927. The number of para-hydroxylation sites is 2. The standard InChI is InChI=1S/C22H25N3O3/c1-27-16-7-8-19-17(13-16)18(14-23-19)21(26)15-24-9-11-25(12-10-24)20-5-3-4-6-22(20)28-2/h3-8,13-14,23H,9-12,15H2,1-2H3/p+1. The van der Waals surface area contributed by atoms with Crippen LogP contribution in [0.1, 0.15) is 10.4 Å². The Kier molecular flexibility index (Phi) is 5.21. The summed E-state index contributed by atoms with van der Waals surface area (Å²) in [6.07, 6.45) is 1.82. The number of hydrogen-bond acceptors (Lipinski definition) is 4. The number of nitrogens with one attached hydrogen (secondary N) is 2. The molecule has 1 fully saturated rings. The van der Waals surface area contributed by atoms with Gasteiger partial charge in [-0.3, -0.25) is 4.79 Å². The molecule has 0 bridgehead atoms. The van der Waals surface area contributed by atoms with Crippen LogP contribution in [0.2, 0.25) is 0 Å². The molecule has 3 aromatic rings. The first-order valence-electron chi connectivity index (χ1n) is 9.59. The lowest BCUT2D eigenvalue weighted by atomic mass is 10.1. The van der Waals surface area contributed by atoms with Gasteiger partial charge in [0.05, 0.1) is 46.1 Å². The molecule has 1 saturated heterocycles. The Morgan fingerprint density at radius 3 is 2.64 bits per heavy atom.